The van der Waals surface area contributed by atoms with Crippen LogP contribution < -0.4 is 4.74 Å². The van der Waals surface area contributed by atoms with Gasteiger partial charge < -0.3 is 4.74 Å². The van der Waals surface area contributed by atoms with Crippen molar-refractivity contribution in [3.8, 4) is 11.5 Å². The molecule has 0 aliphatic carbocycles. The van der Waals surface area contributed by atoms with E-state index < -0.39 is 0 Å². The van der Waals surface area contributed by atoms with Gasteiger partial charge in [0.15, 0.2) is 5.78 Å². The lowest BCUT2D eigenvalue weighted by Gasteiger charge is -2.06. The third-order valence-electron chi connectivity index (χ3n) is 2.59. The molecule has 0 saturated heterocycles. The Morgan fingerprint density at radius 3 is 2.65 bits per heavy atom. The number of ketones is 1. The van der Waals surface area contributed by atoms with Crippen molar-refractivity contribution in [3.05, 3.63) is 54.1 Å². The van der Waals surface area contributed by atoms with Crippen molar-refractivity contribution in [3.63, 3.8) is 0 Å². The first kappa shape index (κ1) is 10.4. The number of rotatable bonds is 2. The molecule has 0 saturated carbocycles. The smallest absolute Gasteiger partial charge is 0.174 e. The van der Waals surface area contributed by atoms with E-state index in [2.05, 4.69) is 0 Å². The highest BCUT2D eigenvalue weighted by Gasteiger charge is 2.20. The highest BCUT2D eigenvalue weighted by atomic mass is 32.2. The van der Waals surface area contributed by atoms with Crippen molar-refractivity contribution in [1.82, 2.24) is 0 Å². The zero-order valence-electron chi connectivity index (χ0n) is 9.05. The van der Waals surface area contributed by atoms with Crippen molar-refractivity contribution in [2.75, 3.05) is 5.75 Å². The van der Waals surface area contributed by atoms with Gasteiger partial charge in [0.25, 0.3) is 0 Å². The van der Waals surface area contributed by atoms with E-state index >= 15 is 0 Å². The SMILES string of the molecule is O=C1CSc2cc(Oc3ccccc3)ccc21. The van der Waals surface area contributed by atoms with E-state index in [4.69, 9.17) is 4.74 Å². The van der Waals surface area contributed by atoms with Crippen molar-refractivity contribution < 1.29 is 9.53 Å². The van der Waals surface area contributed by atoms with Crippen molar-refractivity contribution in [2.24, 2.45) is 0 Å². The fourth-order valence-electron chi connectivity index (χ4n) is 1.76. The molecule has 1 heterocycles. The second-order valence-corrected chi connectivity index (χ2v) is 4.80. The Balaban J connectivity index is 1.88. The van der Waals surface area contributed by atoms with Crippen LogP contribution in [-0.2, 0) is 0 Å². The van der Waals surface area contributed by atoms with Gasteiger partial charge >= 0.3 is 0 Å². The van der Waals surface area contributed by atoms with E-state index in [1.807, 2.05) is 48.5 Å². The third kappa shape index (κ3) is 2.06. The van der Waals surface area contributed by atoms with Crippen LogP contribution >= 0.6 is 11.8 Å². The van der Waals surface area contributed by atoms with E-state index in [0.717, 1.165) is 22.0 Å². The van der Waals surface area contributed by atoms with Gasteiger partial charge in [0.1, 0.15) is 11.5 Å². The third-order valence-corrected chi connectivity index (χ3v) is 3.65. The number of ether oxygens (including phenoxy) is 1. The molecule has 0 bridgehead atoms. The lowest BCUT2D eigenvalue weighted by Crippen LogP contribution is -1.94. The quantitative estimate of drug-likeness (QED) is 0.802. The molecular weight excluding hydrogens is 232 g/mol. The predicted molar refractivity (Wildman–Crippen MR) is 68.0 cm³/mol. The Morgan fingerprint density at radius 1 is 1.00 bits per heavy atom. The second-order valence-electron chi connectivity index (χ2n) is 3.78. The van der Waals surface area contributed by atoms with E-state index in [1.54, 1.807) is 11.8 Å². The lowest BCUT2D eigenvalue weighted by molar-refractivity contribution is 0.102. The summed E-state index contributed by atoms with van der Waals surface area (Å²) in [4.78, 5) is 12.5. The van der Waals surface area contributed by atoms with E-state index in [-0.39, 0.29) is 5.78 Å². The molecule has 2 aromatic carbocycles. The minimum absolute atomic E-state index is 0.205. The summed E-state index contributed by atoms with van der Waals surface area (Å²) in [7, 11) is 0. The van der Waals surface area contributed by atoms with Crippen molar-refractivity contribution in [1.29, 1.82) is 0 Å². The Labute approximate surface area is 104 Å². The van der Waals surface area contributed by atoms with Gasteiger partial charge in [0.2, 0.25) is 0 Å². The van der Waals surface area contributed by atoms with Crippen LogP contribution in [0.4, 0.5) is 0 Å². The van der Waals surface area contributed by atoms with Gasteiger partial charge in [-0.1, -0.05) is 18.2 Å². The molecule has 2 aromatic rings. The van der Waals surface area contributed by atoms with Crippen LogP contribution in [0.1, 0.15) is 10.4 Å². The van der Waals surface area contributed by atoms with Gasteiger partial charge in [0.05, 0.1) is 5.75 Å². The molecule has 0 aromatic heterocycles. The number of carbonyl (C=O) groups is 1. The van der Waals surface area contributed by atoms with Gasteiger partial charge in [-0.15, -0.1) is 11.8 Å². The van der Waals surface area contributed by atoms with Gasteiger partial charge in [-0.2, -0.15) is 0 Å². The maximum Gasteiger partial charge on any atom is 0.174 e. The van der Waals surface area contributed by atoms with Crippen LogP contribution in [0.3, 0.4) is 0 Å². The summed E-state index contributed by atoms with van der Waals surface area (Å²) in [6.07, 6.45) is 0. The van der Waals surface area contributed by atoms with Crippen LogP contribution in [0.5, 0.6) is 11.5 Å². The molecule has 0 amide bonds. The monoisotopic (exact) mass is 242 g/mol. The maximum absolute atomic E-state index is 11.5. The fourth-order valence-corrected chi connectivity index (χ4v) is 2.74. The summed E-state index contributed by atoms with van der Waals surface area (Å²) < 4.78 is 5.71. The molecule has 0 spiro atoms. The summed E-state index contributed by atoms with van der Waals surface area (Å²) in [5.74, 6) is 2.33. The van der Waals surface area contributed by atoms with Gasteiger partial charge in [0, 0.05) is 10.5 Å². The average molecular weight is 242 g/mol. The standard InChI is InChI=1S/C14H10O2S/c15-13-9-17-14-8-11(6-7-12(13)14)16-10-4-2-1-3-5-10/h1-8H,9H2. The molecule has 3 heteroatoms. The zero-order chi connectivity index (χ0) is 11.7. The fraction of sp³-hybridized carbons (Fsp3) is 0.0714. The number of hydrogen-bond donors (Lipinski definition) is 0. The summed E-state index contributed by atoms with van der Waals surface area (Å²) in [5, 5.41) is 0. The number of hydrogen-bond acceptors (Lipinski definition) is 3. The van der Waals surface area contributed by atoms with Crippen LogP contribution in [0.2, 0.25) is 0 Å². The highest BCUT2D eigenvalue weighted by molar-refractivity contribution is 8.00. The molecule has 3 rings (SSSR count). The first-order valence-electron chi connectivity index (χ1n) is 5.36. The summed E-state index contributed by atoms with van der Waals surface area (Å²) in [5.41, 5.74) is 0.815. The normalized spacial score (nSPS) is 13.5. The van der Waals surface area contributed by atoms with E-state index in [0.29, 0.717) is 5.75 Å². The molecule has 1 aliphatic heterocycles. The van der Waals surface area contributed by atoms with Crippen LogP contribution in [0, 0.1) is 0 Å². The first-order chi connectivity index (χ1) is 8.33. The number of carbonyl (C=O) groups excluding carboxylic acids is 1. The molecule has 0 radical (unpaired) electrons. The molecule has 0 fully saturated rings. The number of thioether (sulfide) groups is 1. The van der Waals surface area contributed by atoms with Crippen LogP contribution in [-0.4, -0.2) is 11.5 Å². The zero-order valence-corrected chi connectivity index (χ0v) is 9.87. The second kappa shape index (κ2) is 4.26. The first-order valence-corrected chi connectivity index (χ1v) is 6.34. The Bertz CT molecular complexity index is 564. The maximum atomic E-state index is 11.5. The number of fused-ring (bicyclic) bond motifs is 1. The van der Waals surface area contributed by atoms with Crippen LogP contribution in [0.25, 0.3) is 0 Å². The largest absolute Gasteiger partial charge is 0.457 e. The number of Topliss-reactive ketones (excluding diaryl/α,β-unsaturated/α-hetero) is 1. The molecule has 1 aliphatic rings. The molecule has 0 atom stereocenters. The summed E-state index contributed by atoms with van der Waals surface area (Å²) in [6, 6.07) is 15.2. The van der Waals surface area contributed by atoms with Crippen LogP contribution in [0.15, 0.2) is 53.4 Å². The molecule has 0 unspecified atom stereocenters. The Hall–Kier alpha value is -1.74. The average Bonchev–Trinajstić information content (AvgIpc) is 2.72. The number of benzene rings is 2. The minimum Gasteiger partial charge on any atom is -0.457 e. The van der Waals surface area contributed by atoms with Crippen molar-refractivity contribution >= 4 is 17.5 Å². The Kier molecular flexibility index (Phi) is 2.61. The highest BCUT2D eigenvalue weighted by Crippen LogP contribution is 2.35. The summed E-state index contributed by atoms with van der Waals surface area (Å²) in [6.45, 7) is 0. The lowest BCUT2D eigenvalue weighted by atomic mass is 10.1. The number of para-hydroxylation sites is 1. The molecule has 0 N–H and O–H groups in total. The van der Waals surface area contributed by atoms with Gasteiger partial charge in [-0.3, -0.25) is 4.79 Å². The molecule has 2 nitrogen and oxygen atoms in total. The summed E-state index contributed by atoms with van der Waals surface area (Å²) >= 11 is 1.57. The van der Waals surface area contributed by atoms with E-state index in [9.17, 15) is 4.79 Å². The topological polar surface area (TPSA) is 26.3 Å². The molecule has 84 valence electrons. The molecular formula is C14H10O2S. The van der Waals surface area contributed by atoms with Crippen molar-refractivity contribution in [2.45, 2.75) is 4.90 Å². The minimum atomic E-state index is 0.205. The van der Waals surface area contributed by atoms with E-state index in [1.165, 1.54) is 0 Å². The predicted octanol–water partition coefficient (Wildman–Crippen LogP) is 3.77. The van der Waals surface area contributed by atoms with Gasteiger partial charge in [-0.05, 0) is 30.3 Å². The Morgan fingerprint density at radius 2 is 1.82 bits per heavy atom. The van der Waals surface area contributed by atoms with Gasteiger partial charge in [-0.25, -0.2) is 0 Å². The molecule has 17 heavy (non-hydrogen) atoms.